The van der Waals surface area contributed by atoms with Gasteiger partial charge in [-0.15, -0.1) is 0 Å². The summed E-state index contributed by atoms with van der Waals surface area (Å²) in [6.07, 6.45) is -0.851. The molecule has 1 aliphatic heterocycles. The molecule has 142 valence electrons. The van der Waals surface area contributed by atoms with Crippen LogP contribution in [0.2, 0.25) is 0 Å². The zero-order valence-corrected chi connectivity index (χ0v) is 15.7. The molecule has 26 heavy (non-hydrogen) atoms. The lowest BCUT2D eigenvalue weighted by Crippen LogP contribution is -2.50. The van der Waals surface area contributed by atoms with E-state index in [4.69, 9.17) is 9.47 Å². The Bertz CT molecular complexity index is 681. The second kappa shape index (κ2) is 8.31. The lowest BCUT2D eigenvalue weighted by molar-refractivity contribution is -0.0218. The average Bonchev–Trinajstić information content (AvgIpc) is 2.58. The summed E-state index contributed by atoms with van der Waals surface area (Å²) in [5.74, 6) is -0.355. The largest absolute Gasteiger partial charge is 0.444 e. The molecule has 1 heterocycles. The van der Waals surface area contributed by atoms with Crippen molar-refractivity contribution in [3.05, 3.63) is 35.4 Å². The number of rotatable bonds is 4. The summed E-state index contributed by atoms with van der Waals surface area (Å²) < 4.78 is 10.8. The van der Waals surface area contributed by atoms with Crippen LogP contribution in [-0.2, 0) is 9.47 Å². The molecule has 2 rings (SSSR count). The standard InChI is InChI=1S/C19H26N2O5/c1-13(22)15-7-5-6-8-16(15)17(23)21-9-10-25-14(12-21)11-20-18(24)26-19(2,3)4/h5-8,14H,9-12H2,1-4H3,(H,20,24)/t14-/m0/s1. The first-order valence-corrected chi connectivity index (χ1v) is 8.65. The number of carbonyl (C=O) groups is 3. The zero-order valence-electron chi connectivity index (χ0n) is 15.7. The van der Waals surface area contributed by atoms with Crippen LogP contribution in [0.25, 0.3) is 0 Å². The summed E-state index contributed by atoms with van der Waals surface area (Å²) in [6, 6.07) is 6.78. The molecule has 2 amide bonds. The van der Waals surface area contributed by atoms with E-state index >= 15 is 0 Å². The van der Waals surface area contributed by atoms with Gasteiger partial charge in [0.2, 0.25) is 0 Å². The van der Waals surface area contributed by atoms with Gasteiger partial charge in [0.1, 0.15) is 5.60 Å². The second-order valence-corrected chi connectivity index (χ2v) is 7.23. The first-order chi connectivity index (χ1) is 12.2. The number of carbonyl (C=O) groups excluding carboxylic acids is 3. The smallest absolute Gasteiger partial charge is 0.407 e. The van der Waals surface area contributed by atoms with Crippen molar-refractivity contribution in [3.63, 3.8) is 0 Å². The van der Waals surface area contributed by atoms with Gasteiger partial charge in [-0.25, -0.2) is 4.79 Å². The van der Waals surface area contributed by atoms with Gasteiger partial charge in [0.15, 0.2) is 5.78 Å². The van der Waals surface area contributed by atoms with Crippen LogP contribution in [0.4, 0.5) is 4.79 Å². The number of amides is 2. The van der Waals surface area contributed by atoms with Gasteiger partial charge in [0.25, 0.3) is 5.91 Å². The highest BCUT2D eigenvalue weighted by Crippen LogP contribution is 2.15. The highest BCUT2D eigenvalue weighted by molar-refractivity contribution is 6.07. The van der Waals surface area contributed by atoms with Crippen molar-refractivity contribution in [2.45, 2.75) is 39.4 Å². The lowest BCUT2D eigenvalue weighted by atomic mass is 10.0. The van der Waals surface area contributed by atoms with Gasteiger partial charge < -0.3 is 19.7 Å². The van der Waals surface area contributed by atoms with Crippen LogP contribution < -0.4 is 5.32 Å². The van der Waals surface area contributed by atoms with Gasteiger partial charge in [-0.05, 0) is 33.8 Å². The monoisotopic (exact) mass is 362 g/mol. The molecule has 1 N–H and O–H groups in total. The van der Waals surface area contributed by atoms with E-state index in [2.05, 4.69) is 5.32 Å². The maximum absolute atomic E-state index is 12.8. The van der Waals surface area contributed by atoms with Crippen molar-refractivity contribution in [2.24, 2.45) is 0 Å². The summed E-state index contributed by atoms with van der Waals surface area (Å²) >= 11 is 0. The van der Waals surface area contributed by atoms with Gasteiger partial charge in [-0.2, -0.15) is 0 Å². The Morgan fingerprint density at radius 2 is 1.88 bits per heavy atom. The summed E-state index contributed by atoms with van der Waals surface area (Å²) in [7, 11) is 0. The molecular weight excluding hydrogens is 336 g/mol. The second-order valence-electron chi connectivity index (χ2n) is 7.23. The quantitative estimate of drug-likeness (QED) is 0.831. The van der Waals surface area contributed by atoms with E-state index in [1.807, 2.05) is 0 Å². The van der Waals surface area contributed by atoms with Crippen LogP contribution in [0, 0.1) is 0 Å². The number of morpholine rings is 1. The molecular formula is C19H26N2O5. The number of ether oxygens (including phenoxy) is 2. The van der Waals surface area contributed by atoms with Crippen LogP contribution in [-0.4, -0.2) is 60.6 Å². The van der Waals surface area contributed by atoms with E-state index in [0.717, 1.165) is 0 Å². The number of hydrogen-bond acceptors (Lipinski definition) is 5. The maximum atomic E-state index is 12.8. The molecule has 7 nitrogen and oxygen atoms in total. The number of ketones is 1. The number of Topliss-reactive ketones (excluding diaryl/α,β-unsaturated/α-hetero) is 1. The van der Waals surface area contributed by atoms with Crippen molar-refractivity contribution in [2.75, 3.05) is 26.2 Å². The SMILES string of the molecule is CC(=O)c1ccccc1C(=O)N1CCO[C@@H](CNC(=O)OC(C)(C)C)C1. The molecule has 1 aliphatic rings. The molecule has 0 unspecified atom stereocenters. The molecule has 1 fully saturated rings. The van der Waals surface area contributed by atoms with Crippen molar-refractivity contribution >= 4 is 17.8 Å². The van der Waals surface area contributed by atoms with Gasteiger partial charge in [-0.1, -0.05) is 18.2 Å². The first kappa shape index (κ1) is 19.9. The van der Waals surface area contributed by atoms with Crippen molar-refractivity contribution in [3.8, 4) is 0 Å². The van der Waals surface area contributed by atoms with E-state index in [1.54, 1.807) is 49.9 Å². The number of hydrogen-bond donors (Lipinski definition) is 1. The Morgan fingerprint density at radius 3 is 2.50 bits per heavy atom. The number of nitrogens with one attached hydrogen (secondary N) is 1. The Hall–Kier alpha value is -2.41. The van der Waals surface area contributed by atoms with Crippen LogP contribution in [0.15, 0.2) is 24.3 Å². The molecule has 7 heteroatoms. The van der Waals surface area contributed by atoms with E-state index in [-0.39, 0.29) is 24.3 Å². The highest BCUT2D eigenvalue weighted by Gasteiger charge is 2.27. The Balaban J connectivity index is 1.97. The number of nitrogens with zero attached hydrogens (tertiary/aromatic N) is 1. The third-order valence-electron chi connectivity index (χ3n) is 3.84. The van der Waals surface area contributed by atoms with Gasteiger partial charge in [0, 0.05) is 25.2 Å². The van der Waals surface area contributed by atoms with Crippen LogP contribution in [0.3, 0.4) is 0 Å². The summed E-state index contributed by atoms with van der Waals surface area (Å²) in [5, 5.41) is 2.66. The van der Waals surface area contributed by atoms with E-state index in [9.17, 15) is 14.4 Å². The molecule has 0 spiro atoms. The van der Waals surface area contributed by atoms with Crippen LogP contribution in [0.1, 0.15) is 48.4 Å². The minimum Gasteiger partial charge on any atom is -0.444 e. The molecule has 0 aromatic heterocycles. The topological polar surface area (TPSA) is 84.9 Å². The molecule has 1 saturated heterocycles. The normalized spacial score (nSPS) is 17.5. The summed E-state index contributed by atoms with van der Waals surface area (Å²) in [4.78, 5) is 38.0. The molecule has 0 aliphatic carbocycles. The van der Waals surface area contributed by atoms with Crippen molar-refractivity contribution in [1.82, 2.24) is 10.2 Å². The number of benzene rings is 1. The Morgan fingerprint density at radius 1 is 1.23 bits per heavy atom. The Kier molecular flexibility index (Phi) is 6.37. The third kappa shape index (κ3) is 5.56. The van der Waals surface area contributed by atoms with Crippen LogP contribution in [0.5, 0.6) is 0 Å². The average molecular weight is 362 g/mol. The minimum absolute atomic E-state index is 0.148. The number of alkyl carbamates (subject to hydrolysis) is 1. The lowest BCUT2D eigenvalue weighted by Gasteiger charge is -2.33. The van der Waals surface area contributed by atoms with E-state index < -0.39 is 11.7 Å². The summed E-state index contributed by atoms with van der Waals surface area (Å²) in [5.41, 5.74) is 0.226. The zero-order chi connectivity index (χ0) is 19.3. The van der Waals surface area contributed by atoms with E-state index in [1.165, 1.54) is 6.92 Å². The fraction of sp³-hybridized carbons (Fsp3) is 0.526. The molecule has 0 bridgehead atoms. The van der Waals surface area contributed by atoms with E-state index in [0.29, 0.717) is 30.8 Å². The Labute approximate surface area is 153 Å². The van der Waals surface area contributed by atoms with Gasteiger partial charge in [-0.3, -0.25) is 9.59 Å². The minimum atomic E-state index is -0.574. The maximum Gasteiger partial charge on any atom is 0.407 e. The molecule has 1 aromatic carbocycles. The van der Waals surface area contributed by atoms with Crippen molar-refractivity contribution in [1.29, 1.82) is 0 Å². The van der Waals surface area contributed by atoms with Gasteiger partial charge in [0.05, 0.1) is 18.3 Å². The fourth-order valence-electron chi connectivity index (χ4n) is 2.69. The molecule has 1 atom stereocenters. The predicted molar refractivity (Wildman–Crippen MR) is 96.3 cm³/mol. The highest BCUT2D eigenvalue weighted by atomic mass is 16.6. The molecule has 0 radical (unpaired) electrons. The fourth-order valence-corrected chi connectivity index (χ4v) is 2.69. The molecule has 1 aromatic rings. The third-order valence-corrected chi connectivity index (χ3v) is 3.84. The van der Waals surface area contributed by atoms with Crippen LogP contribution >= 0.6 is 0 Å². The summed E-state index contributed by atoms with van der Waals surface area (Å²) in [6.45, 7) is 8.19. The predicted octanol–water partition coefficient (Wildman–Crippen LogP) is 2.25. The van der Waals surface area contributed by atoms with Crippen molar-refractivity contribution < 1.29 is 23.9 Å². The van der Waals surface area contributed by atoms with Gasteiger partial charge >= 0.3 is 6.09 Å². The molecule has 0 saturated carbocycles. The first-order valence-electron chi connectivity index (χ1n) is 8.65.